The van der Waals surface area contributed by atoms with Crippen molar-refractivity contribution < 1.29 is 19.1 Å². The predicted molar refractivity (Wildman–Crippen MR) is 148 cm³/mol. The largest absolute Gasteiger partial charge is 0.492 e. The van der Waals surface area contributed by atoms with Gasteiger partial charge in [0.05, 0.1) is 23.5 Å². The van der Waals surface area contributed by atoms with Crippen molar-refractivity contribution in [3.8, 4) is 27.6 Å². The number of morpholine rings is 1. The molecule has 6 rings (SSSR count). The first kappa shape index (κ1) is 24.7. The Balaban J connectivity index is 1.35. The summed E-state index contributed by atoms with van der Waals surface area (Å²) in [6, 6.07) is 11.8. The highest BCUT2D eigenvalue weighted by Gasteiger charge is 2.29. The van der Waals surface area contributed by atoms with Crippen molar-refractivity contribution in [2.24, 2.45) is 0 Å². The Morgan fingerprint density at radius 1 is 1.11 bits per heavy atom. The maximum atomic E-state index is 12.5. The first-order chi connectivity index (χ1) is 18.6. The lowest BCUT2D eigenvalue weighted by Crippen LogP contribution is -2.38. The van der Waals surface area contributed by atoms with Crippen LogP contribution < -0.4 is 15.4 Å². The van der Waals surface area contributed by atoms with Crippen LogP contribution in [0.25, 0.3) is 32.0 Å². The van der Waals surface area contributed by atoms with Crippen LogP contribution in [0.15, 0.2) is 58.4 Å². The van der Waals surface area contributed by atoms with E-state index in [0.29, 0.717) is 23.8 Å². The number of anilines is 1. The van der Waals surface area contributed by atoms with E-state index in [4.69, 9.17) is 19.4 Å². The van der Waals surface area contributed by atoms with Crippen LogP contribution in [0.5, 0.6) is 5.75 Å². The maximum Gasteiger partial charge on any atom is 0.275 e. The average Bonchev–Trinajstić information content (AvgIpc) is 3.67. The number of carbonyl (C=O) groups excluding carboxylic acids is 2. The quantitative estimate of drug-likeness (QED) is 0.317. The second-order valence-corrected chi connectivity index (χ2v) is 10.7. The molecule has 38 heavy (non-hydrogen) atoms. The SMILES string of the molecule is CC1=C(Nc2nc(-c3cccs3)nc3scc(-c4cccc(OCCN5CCOCC5)c4)c23)C(=O)NC1=O. The van der Waals surface area contributed by atoms with Gasteiger partial charge in [-0.15, -0.1) is 22.7 Å². The van der Waals surface area contributed by atoms with E-state index in [1.165, 1.54) is 22.7 Å². The van der Waals surface area contributed by atoms with Crippen LogP contribution in [0, 0.1) is 0 Å². The lowest BCUT2D eigenvalue weighted by molar-refractivity contribution is -0.124. The molecule has 2 amide bonds. The van der Waals surface area contributed by atoms with Crippen LogP contribution in [0.2, 0.25) is 0 Å². The molecule has 1 fully saturated rings. The number of ether oxygens (including phenoxy) is 2. The Morgan fingerprint density at radius 3 is 2.74 bits per heavy atom. The number of aromatic nitrogens is 2. The van der Waals surface area contributed by atoms with E-state index >= 15 is 0 Å². The Hall–Kier alpha value is -3.64. The first-order valence-corrected chi connectivity index (χ1v) is 14.0. The number of thiophene rings is 2. The summed E-state index contributed by atoms with van der Waals surface area (Å²) in [7, 11) is 0. The minimum atomic E-state index is -0.468. The lowest BCUT2D eigenvalue weighted by Gasteiger charge is -2.26. The number of imide groups is 1. The summed E-state index contributed by atoms with van der Waals surface area (Å²) in [5.41, 5.74) is 2.40. The molecule has 2 N–H and O–H groups in total. The fraction of sp³-hybridized carbons (Fsp3) is 0.259. The van der Waals surface area contributed by atoms with Gasteiger partial charge in [0, 0.05) is 36.2 Å². The smallest absolute Gasteiger partial charge is 0.275 e. The minimum absolute atomic E-state index is 0.199. The van der Waals surface area contributed by atoms with Crippen molar-refractivity contribution in [3.63, 3.8) is 0 Å². The van der Waals surface area contributed by atoms with Crippen molar-refractivity contribution in [2.75, 3.05) is 44.8 Å². The van der Waals surface area contributed by atoms with Crippen LogP contribution in [0.3, 0.4) is 0 Å². The number of nitrogens with one attached hydrogen (secondary N) is 2. The standard InChI is InChI=1S/C27H25N5O4S2/c1-16-22(26(34)31-25(16)33)28-24-21-19(15-38-27(21)30-23(29-24)20-6-3-13-37-20)17-4-2-5-18(14-17)36-12-9-32-7-10-35-11-8-32/h2-6,13-15H,7-12H2,1H3,(H2,28,29,30,31,33,34). The fourth-order valence-corrected chi connectivity index (χ4v) is 6.05. The number of hydrogen-bond acceptors (Lipinski definition) is 10. The number of rotatable bonds is 8. The van der Waals surface area contributed by atoms with E-state index in [0.717, 1.165) is 64.8 Å². The summed E-state index contributed by atoms with van der Waals surface area (Å²) < 4.78 is 11.5. The number of benzene rings is 1. The van der Waals surface area contributed by atoms with Crippen molar-refractivity contribution in [3.05, 3.63) is 58.4 Å². The second-order valence-electron chi connectivity index (χ2n) is 8.94. The monoisotopic (exact) mass is 547 g/mol. The molecule has 4 aromatic rings. The highest BCUT2D eigenvalue weighted by atomic mass is 32.1. The average molecular weight is 548 g/mol. The molecule has 0 bridgehead atoms. The third kappa shape index (κ3) is 4.93. The molecule has 0 aliphatic carbocycles. The van der Waals surface area contributed by atoms with Gasteiger partial charge in [-0.1, -0.05) is 18.2 Å². The molecule has 3 aromatic heterocycles. The Labute approximate surface area is 227 Å². The third-order valence-electron chi connectivity index (χ3n) is 6.51. The van der Waals surface area contributed by atoms with Gasteiger partial charge in [0.2, 0.25) is 0 Å². The summed E-state index contributed by atoms with van der Waals surface area (Å²) in [6.07, 6.45) is 0. The van der Waals surface area contributed by atoms with E-state index in [2.05, 4.69) is 15.5 Å². The molecule has 0 saturated carbocycles. The number of nitrogens with zero attached hydrogens (tertiary/aromatic N) is 3. The third-order valence-corrected chi connectivity index (χ3v) is 8.25. The van der Waals surface area contributed by atoms with E-state index in [1.807, 2.05) is 47.2 Å². The van der Waals surface area contributed by atoms with E-state index in [-0.39, 0.29) is 5.70 Å². The number of amides is 2. The normalized spacial score (nSPS) is 16.3. The zero-order valence-electron chi connectivity index (χ0n) is 20.7. The molecule has 2 aliphatic rings. The van der Waals surface area contributed by atoms with E-state index in [9.17, 15) is 9.59 Å². The Morgan fingerprint density at radius 2 is 1.97 bits per heavy atom. The van der Waals surface area contributed by atoms with Crippen LogP contribution in [-0.4, -0.2) is 66.1 Å². The molecule has 2 aliphatic heterocycles. The van der Waals surface area contributed by atoms with Gasteiger partial charge in [-0.2, -0.15) is 0 Å². The summed E-state index contributed by atoms with van der Waals surface area (Å²) >= 11 is 3.05. The Kier molecular flexibility index (Phi) is 6.90. The molecular formula is C27H25N5O4S2. The van der Waals surface area contributed by atoms with E-state index in [1.54, 1.807) is 6.92 Å². The van der Waals surface area contributed by atoms with Gasteiger partial charge in [-0.25, -0.2) is 9.97 Å². The van der Waals surface area contributed by atoms with Gasteiger partial charge in [0.15, 0.2) is 5.82 Å². The molecule has 0 atom stereocenters. The second kappa shape index (κ2) is 10.6. The molecule has 11 heteroatoms. The van der Waals surface area contributed by atoms with Crippen LogP contribution >= 0.6 is 22.7 Å². The molecular weight excluding hydrogens is 522 g/mol. The molecule has 0 spiro atoms. The zero-order chi connectivity index (χ0) is 26.1. The fourth-order valence-electron chi connectivity index (χ4n) is 4.44. The van der Waals surface area contributed by atoms with Gasteiger partial charge >= 0.3 is 0 Å². The molecule has 0 radical (unpaired) electrons. The molecule has 5 heterocycles. The summed E-state index contributed by atoms with van der Waals surface area (Å²) in [4.78, 5) is 38.2. The van der Waals surface area contributed by atoms with Crippen molar-refractivity contribution in [1.82, 2.24) is 20.2 Å². The van der Waals surface area contributed by atoms with Crippen LogP contribution in [0.4, 0.5) is 5.82 Å². The van der Waals surface area contributed by atoms with Crippen molar-refractivity contribution >= 4 is 50.5 Å². The van der Waals surface area contributed by atoms with Gasteiger partial charge in [-0.05, 0) is 36.1 Å². The number of fused-ring (bicyclic) bond motifs is 1. The van der Waals surface area contributed by atoms with Gasteiger partial charge in [-0.3, -0.25) is 19.8 Å². The summed E-state index contributed by atoms with van der Waals surface area (Å²) in [5.74, 6) is 0.942. The van der Waals surface area contributed by atoms with Gasteiger partial charge < -0.3 is 14.8 Å². The topological polar surface area (TPSA) is 106 Å². The number of hydrogen-bond donors (Lipinski definition) is 2. The summed E-state index contributed by atoms with van der Waals surface area (Å²) in [5, 5.41) is 10.3. The van der Waals surface area contributed by atoms with Gasteiger partial charge in [0.25, 0.3) is 11.8 Å². The maximum absolute atomic E-state index is 12.5. The molecule has 1 aromatic carbocycles. The molecule has 194 valence electrons. The molecule has 1 saturated heterocycles. The lowest BCUT2D eigenvalue weighted by atomic mass is 10.1. The highest BCUT2D eigenvalue weighted by molar-refractivity contribution is 7.17. The number of carbonyl (C=O) groups is 2. The van der Waals surface area contributed by atoms with E-state index < -0.39 is 11.8 Å². The highest BCUT2D eigenvalue weighted by Crippen LogP contribution is 2.40. The Bertz CT molecular complexity index is 1540. The minimum Gasteiger partial charge on any atom is -0.492 e. The molecule has 0 unspecified atom stereocenters. The zero-order valence-corrected chi connectivity index (χ0v) is 22.3. The summed E-state index contributed by atoms with van der Waals surface area (Å²) in [6.45, 7) is 6.43. The van der Waals surface area contributed by atoms with Crippen LogP contribution in [0.1, 0.15) is 6.92 Å². The van der Waals surface area contributed by atoms with Crippen molar-refractivity contribution in [2.45, 2.75) is 6.92 Å². The van der Waals surface area contributed by atoms with Gasteiger partial charge in [0.1, 0.15) is 28.7 Å². The van der Waals surface area contributed by atoms with Crippen LogP contribution in [-0.2, 0) is 14.3 Å². The molecule has 9 nitrogen and oxygen atoms in total. The predicted octanol–water partition coefficient (Wildman–Crippen LogP) is 4.14. The van der Waals surface area contributed by atoms with Crippen molar-refractivity contribution in [1.29, 1.82) is 0 Å². The first-order valence-electron chi connectivity index (χ1n) is 12.3.